The standard InChI is InChI=1S/C22H27F2N9.ClH/c1-15-16(14-26-33(15)22-28-20(25)27-21(29-22)30(2)3)5-4-6-31-7-9-32(10-8-31)19-12-17(23)11-18(24)13-19;/h4-5,11-14H,6-10H2,1-3H3,(H2,25,27,28,29);1H/b5-4+;. The van der Waals surface area contributed by atoms with Crippen molar-refractivity contribution in [1.29, 1.82) is 0 Å². The minimum Gasteiger partial charge on any atom is -0.369 e. The largest absolute Gasteiger partial charge is 0.369 e. The molecule has 0 amide bonds. The summed E-state index contributed by atoms with van der Waals surface area (Å²) in [5.74, 6) is -0.137. The third-order valence-corrected chi connectivity index (χ3v) is 5.51. The van der Waals surface area contributed by atoms with Gasteiger partial charge in [-0.25, -0.2) is 13.5 Å². The van der Waals surface area contributed by atoms with Crippen molar-refractivity contribution in [3.63, 3.8) is 0 Å². The van der Waals surface area contributed by atoms with Crippen molar-refractivity contribution in [1.82, 2.24) is 29.6 Å². The first-order valence-corrected chi connectivity index (χ1v) is 10.6. The van der Waals surface area contributed by atoms with Gasteiger partial charge in [0, 0.05) is 64.1 Å². The summed E-state index contributed by atoms with van der Waals surface area (Å²) in [6.45, 7) is 5.74. The molecule has 182 valence electrons. The Kier molecular flexibility index (Phi) is 8.00. The number of hydrogen-bond acceptors (Lipinski definition) is 8. The molecule has 0 unspecified atom stereocenters. The maximum Gasteiger partial charge on any atom is 0.257 e. The first-order valence-electron chi connectivity index (χ1n) is 10.6. The second-order valence-corrected chi connectivity index (χ2v) is 8.10. The minimum absolute atomic E-state index is 0. The van der Waals surface area contributed by atoms with Crippen LogP contribution in [0.3, 0.4) is 0 Å². The average molecular weight is 492 g/mol. The van der Waals surface area contributed by atoms with E-state index in [1.165, 1.54) is 12.1 Å². The third kappa shape index (κ3) is 5.78. The molecule has 0 atom stereocenters. The van der Waals surface area contributed by atoms with E-state index in [-0.39, 0.29) is 18.4 Å². The maximum atomic E-state index is 13.5. The molecule has 12 heteroatoms. The van der Waals surface area contributed by atoms with Crippen molar-refractivity contribution in [2.45, 2.75) is 6.92 Å². The number of nitrogens with two attached hydrogens (primary N) is 1. The minimum atomic E-state index is -0.552. The molecule has 0 aliphatic carbocycles. The Morgan fingerprint density at radius 1 is 1.03 bits per heavy atom. The first-order chi connectivity index (χ1) is 15.8. The fourth-order valence-electron chi connectivity index (χ4n) is 3.69. The highest BCUT2D eigenvalue weighted by molar-refractivity contribution is 5.85. The highest BCUT2D eigenvalue weighted by Crippen LogP contribution is 2.20. The molecule has 2 N–H and O–H groups in total. The van der Waals surface area contributed by atoms with Crippen molar-refractivity contribution in [3.8, 4) is 5.95 Å². The van der Waals surface area contributed by atoms with Crippen LogP contribution in [0.4, 0.5) is 26.4 Å². The summed E-state index contributed by atoms with van der Waals surface area (Å²) in [5.41, 5.74) is 8.25. The van der Waals surface area contributed by atoms with Crippen molar-refractivity contribution in [2.75, 3.05) is 62.4 Å². The van der Waals surface area contributed by atoms with Gasteiger partial charge in [-0.2, -0.15) is 20.1 Å². The molecular weight excluding hydrogens is 464 g/mol. The van der Waals surface area contributed by atoms with Crippen LogP contribution in [-0.2, 0) is 0 Å². The highest BCUT2D eigenvalue weighted by atomic mass is 35.5. The molecule has 1 aromatic carbocycles. The van der Waals surface area contributed by atoms with Crippen LogP contribution in [0.5, 0.6) is 0 Å². The summed E-state index contributed by atoms with van der Waals surface area (Å²) >= 11 is 0. The summed E-state index contributed by atoms with van der Waals surface area (Å²) in [6, 6.07) is 3.65. The van der Waals surface area contributed by atoms with E-state index in [9.17, 15) is 8.78 Å². The van der Waals surface area contributed by atoms with E-state index < -0.39 is 11.6 Å². The van der Waals surface area contributed by atoms with Crippen LogP contribution in [0.1, 0.15) is 11.3 Å². The van der Waals surface area contributed by atoms with E-state index in [0.717, 1.165) is 37.0 Å². The van der Waals surface area contributed by atoms with Crippen LogP contribution in [-0.4, -0.2) is 76.5 Å². The summed E-state index contributed by atoms with van der Waals surface area (Å²) < 4.78 is 28.6. The predicted molar refractivity (Wildman–Crippen MR) is 132 cm³/mol. The normalized spacial score (nSPS) is 14.4. The Morgan fingerprint density at radius 2 is 1.71 bits per heavy atom. The van der Waals surface area contributed by atoms with E-state index in [4.69, 9.17) is 5.73 Å². The van der Waals surface area contributed by atoms with E-state index in [0.29, 0.717) is 30.7 Å². The van der Waals surface area contributed by atoms with E-state index in [2.05, 4.69) is 31.0 Å². The number of nitrogen functional groups attached to an aromatic ring is 1. The lowest BCUT2D eigenvalue weighted by Gasteiger charge is -2.35. The molecule has 9 nitrogen and oxygen atoms in total. The van der Waals surface area contributed by atoms with Gasteiger partial charge in [-0.1, -0.05) is 12.2 Å². The predicted octanol–water partition coefficient (Wildman–Crippen LogP) is 2.55. The van der Waals surface area contributed by atoms with Crippen LogP contribution >= 0.6 is 12.4 Å². The van der Waals surface area contributed by atoms with Crippen molar-refractivity contribution >= 4 is 36.1 Å². The number of benzene rings is 1. The Bertz CT molecular complexity index is 1140. The van der Waals surface area contributed by atoms with Crippen molar-refractivity contribution in [2.24, 2.45) is 0 Å². The van der Waals surface area contributed by atoms with Crippen LogP contribution in [0.25, 0.3) is 12.0 Å². The molecule has 4 rings (SSSR count). The zero-order valence-electron chi connectivity index (χ0n) is 19.3. The zero-order chi connectivity index (χ0) is 23.5. The second-order valence-electron chi connectivity index (χ2n) is 8.10. The van der Waals surface area contributed by atoms with E-state index in [1.54, 1.807) is 15.8 Å². The van der Waals surface area contributed by atoms with Gasteiger partial charge >= 0.3 is 0 Å². The molecule has 1 aliphatic heterocycles. The molecule has 34 heavy (non-hydrogen) atoms. The number of nitrogens with zero attached hydrogens (tertiary/aromatic N) is 8. The maximum absolute atomic E-state index is 13.5. The fourth-order valence-corrected chi connectivity index (χ4v) is 3.69. The molecule has 1 fully saturated rings. The van der Waals surface area contributed by atoms with Gasteiger partial charge < -0.3 is 15.5 Å². The topological polar surface area (TPSA) is 92.2 Å². The molecule has 2 aromatic heterocycles. The molecule has 0 spiro atoms. The quantitative estimate of drug-likeness (QED) is 0.562. The molecule has 0 saturated carbocycles. The van der Waals surface area contributed by atoms with E-state index in [1.807, 2.05) is 32.0 Å². The number of anilines is 3. The third-order valence-electron chi connectivity index (χ3n) is 5.51. The van der Waals surface area contributed by atoms with Crippen molar-refractivity contribution in [3.05, 3.63) is 53.4 Å². The number of halogens is 3. The van der Waals surface area contributed by atoms with Crippen LogP contribution in [0.15, 0.2) is 30.5 Å². The van der Waals surface area contributed by atoms with Gasteiger partial charge in [-0.15, -0.1) is 12.4 Å². The van der Waals surface area contributed by atoms with Crippen molar-refractivity contribution < 1.29 is 8.78 Å². The van der Waals surface area contributed by atoms with Gasteiger partial charge in [0.2, 0.25) is 11.9 Å². The lowest BCUT2D eigenvalue weighted by molar-refractivity contribution is 0.284. The van der Waals surface area contributed by atoms with Gasteiger partial charge in [0.15, 0.2) is 0 Å². The van der Waals surface area contributed by atoms with Gasteiger partial charge in [0.1, 0.15) is 11.6 Å². The fraction of sp³-hybridized carbons (Fsp3) is 0.364. The molecule has 3 aromatic rings. The van der Waals surface area contributed by atoms with Gasteiger partial charge in [0.25, 0.3) is 5.95 Å². The summed E-state index contributed by atoms with van der Waals surface area (Å²) in [5, 5.41) is 4.41. The number of aromatic nitrogens is 5. The summed E-state index contributed by atoms with van der Waals surface area (Å²) in [4.78, 5) is 18.8. The summed E-state index contributed by atoms with van der Waals surface area (Å²) in [6.07, 6.45) is 5.86. The average Bonchev–Trinajstić information content (AvgIpc) is 3.13. The Hall–Kier alpha value is -3.31. The molecule has 1 aliphatic rings. The Labute approximate surface area is 203 Å². The lowest BCUT2D eigenvalue weighted by Crippen LogP contribution is -2.46. The van der Waals surface area contributed by atoms with Crippen LogP contribution in [0, 0.1) is 18.6 Å². The molecule has 3 heterocycles. The molecular formula is C22H28ClF2N9. The molecule has 0 bridgehead atoms. The van der Waals surface area contributed by atoms with Crippen LogP contribution in [0.2, 0.25) is 0 Å². The number of rotatable bonds is 6. The first kappa shape index (κ1) is 25.3. The smallest absolute Gasteiger partial charge is 0.257 e. The van der Waals surface area contributed by atoms with E-state index >= 15 is 0 Å². The van der Waals surface area contributed by atoms with Gasteiger partial charge in [-0.05, 0) is 19.1 Å². The van der Waals surface area contributed by atoms with Gasteiger partial charge in [-0.3, -0.25) is 4.90 Å². The number of hydrogen-bond donors (Lipinski definition) is 1. The Balaban J connectivity index is 0.00000324. The SMILES string of the molecule is Cc1c(/C=C/CN2CCN(c3cc(F)cc(F)c3)CC2)cnn1-c1nc(N)nc(N(C)C)n1.Cl. The monoisotopic (exact) mass is 491 g/mol. The lowest BCUT2D eigenvalue weighted by atomic mass is 10.2. The Morgan fingerprint density at radius 3 is 2.35 bits per heavy atom. The zero-order valence-corrected chi connectivity index (χ0v) is 20.1. The van der Waals surface area contributed by atoms with Gasteiger partial charge in [0.05, 0.1) is 11.9 Å². The number of piperazine rings is 1. The summed E-state index contributed by atoms with van der Waals surface area (Å²) in [7, 11) is 3.66. The highest BCUT2D eigenvalue weighted by Gasteiger charge is 2.18. The molecule has 0 radical (unpaired) electrons. The molecule has 1 saturated heterocycles. The van der Waals surface area contributed by atoms with Crippen LogP contribution < -0.4 is 15.5 Å². The second kappa shape index (κ2) is 10.7.